The topological polar surface area (TPSA) is 39.2 Å². The van der Waals surface area contributed by atoms with Crippen LogP contribution in [0.25, 0.3) is 11.3 Å². The Labute approximate surface area is 110 Å². The highest BCUT2D eigenvalue weighted by Crippen LogP contribution is 2.27. The number of ether oxygens (including phenoxy) is 1. The van der Waals surface area contributed by atoms with E-state index < -0.39 is 5.97 Å². The molecule has 0 unspecified atom stereocenters. The zero-order valence-electron chi connectivity index (χ0n) is 10.1. The van der Waals surface area contributed by atoms with E-state index in [9.17, 15) is 4.79 Å². The highest BCUT2D eigenvalue weighted by Gasteiger charge is 2.18. The van der Waals surface area contributed by atoms with Crippen LogP contribution in [0.3, 0.4) is 0 Å². The lowest BCUT2D eigenvalue weighted by atomic mass is 10.0. The maximum Gasteiger partial charge on any atom is 0.340 e. The summed E-state index contributed by atoms with van der Waals surface area (Å²) in [6.07, 6.45) is 0. The van der Waals surface area contributed by atoms with Crippen molar-refractivity contribution in [2.24, 2.45) is 0 Å². The van der Waals surface area contributed by atoms with Crippen molar-refractivity contribution in [2.45, 2.75) is 6.92 Å². The lowest BCUT2D eigenvalue weighted by Crippen LogP contribution is -2.08. The summed E-state index contributed by atoms with van der Waals surface area (Å²) in [4.78, 5) is 16.1. The van der Waals surface area contributed by atoms with Crippen LogP contribution in [-0.4, -0.2) is 18.1 Å². The zero-order chi connectivity index (χ0) is 13.1. The molecule has 92 valence electrons. The van der Waals surface area contributed by atoms with Gasteiger partial charge in [0, 0.05) is 5.56 Å². The Morgan fingerprint density at radius 3 is 2.56 bits per heavy atom. The number of aromatic nitrogens is 1. The van der Waals surface area contributed by atoms with Gasteiger partial charge < -0.3 is 4.74 Å². The summed E-state index contributed by atoms with van der Waals surface area (Å²) in [6, 6.07) is 11.1. The van der Waals surface area contributed by atoms with Crippen molar-refractivity contribution in [3.05, 3.63) is 52.7 Å². The molecule has 0 amide bonds. The number of esters is 1. The fourth-order valence-corrected chi connectivity index (χ4v) is 2.05. The number of pyridine rings is 1. The van der Waals surface area contributed by atoms with Gasteiger partial charge in [0.05, 0.1) is 18.4 Å². The van der Waals surface area contributed by atoms with Gasteiger partial charge in [-0.2, -0.15) is 0 Å². The van der Waals surface area contributed by atoms with Crippen molar-refractivity contribution in [1.29, 1.82) is 0 Å². The van der Waals surface area contributed by atoms with Gasteiger partial charge in [-0.05, 0) is 18.6 Å². The van der Waals surface area contributed by atoms with Gasteiger partial charge in [0.2, 0.25) is 0 Å². The molecule has 0 saturated carbocycles. The van der Waals surface area contributed by atoms with Gasteiger partial charge >= 0.3 is 5.97 Å². The van der Waals surface area contributed by atoms with Crippen LogP contribution in [-0.2, 0) is 4.74 Å². The summed E-state index contributed by atoms with van der Waals surface area (Å²) in [5.74, 6) is -0.407. The molecule has 1 aromatic heterocycles. The molecule has 0 aliphatic rings. The SMILES string of the molecule is COC(=O)c1c(C)cc(Cl)nc1-c1ccccc1. The quantitative estimate of drug-likeness (QED) is 0.614. The average molecular weight is 262 g/mol. The van der Waals surface area contributed by atoms with Crippen LogP contribution >= 0.6 is 11.6 Å². The first-order valence-corrected chi connectivity index (χ1v) is 5.82. The molecular formula is C14H12ClNO2. The average Bonchev–Trinajstić information content (AvgIpc) is 2.38. The smallest absolute Gasteiger partial charge is 0.340 e. The maximum atomic E-state index is 11.8. The van der Waals surface area contributed by atoms with E-state index in [0.29, 0.717) is 16.4 Å². The third-order valence-corrected chi connectivity index (χ3v) is 2.82. The van der Waals surface area contributed by atoms with Crippen LogP contribution in [0.1, 0.15) is 15.9 Å². The molecule has 0 bridgehead atoms. The molecule has 0 aliphatic heterocycles. The van der Waals surface area contributed by atoms with Gasteiger partial charge in [-0.1, -0.05) is 41.9 Å². The maximum absolute atomic E-state index is 11.8. The Morgan fingerprint density at radius 2 is 1.94 bits per heavy atom. The number of carbonyl (C=O) groups is 1. The Morgan fingerprint density at radius 1 is 1.28 bits per heavy atom. The second-order valence-corrected chi connectivity index (χ2v) is 4.23. The largest absolute Gasteiger partial charge is 0.465 e. The van der Waals surface area contributed by atoms with Crippen molar-refractivity contribution in [2.75, 3.05) is 7.11 Å². The van der Waals surface area contributed by atoms with Gasteiger partial charge in [-0.25, -0.2) is 9.78 Å². The van der Waals surface area contributed by atoms with E-state index in [1.54, 1.807) is 6.07 Å². The Balaban J connectivity index is 2.69. The molecule has 0 N–H and O–H groups in total. The van der Waals surface area contributed by atoms with Crippen molar-refractivity contribution >= 4 is 17.6 Å². The van der Waals surface area contributed by atoms with Crippen LogP contribution in [0.5, 0.6) is 0 Å². The van der Waals surface area contributed by atoms with Gasteiger partial charge in [0.1, 0.15) is 5.15 Å². The van der Waals surface area contributed by atoms with E-state index in [4.69, 9.17) is 16.3 Å². The molecular weight excluding hydrogens is 250 g/mol. The second kappa shape index (κ2) is 5.19. The third-order valence-electron chi connectivity index (χ3n) is 2.62. The normalized spacial score (nSPS) is 10.2. The highest BCUT2D eigenvalue weighted by atomic mass is 35.5. The van der Waals surface area contributed by atoms with Gasteiger partial charge in [-0.3, -0.25) is 0 Å². The minimum absolute atomic E-state index is 0.360. The number of halogens is 1. The fourth-order valence-electron chi connectivity index (χ4n) is 1.80. The van der Waals surface area contributed by atoms with Crippen LogP contribution in [0, 0.1) is 6.92 Å². The van der Waals surface area contributed by atoms with Gasteiger partial charge in [0.25, 0.3) is 0 Å². The lowest BCUT2D eigenvalue weighted by molar-refractivity contribution is 0.0600. The van der Waals surface area contributed by atoms with E-state index >= 15 is 0 Å². The van der Waals surface area contributed by atoms with Gasteiger partial charge in [-0.15, -0.1) is 0 Å². The predicted molar refractivity (Wildman–Crippen MR) is 70.8 cm³/mol. The van der Waals surface area contributed by atoms with E-state index in [1.807, 2.05) is 37.3 Å². The number of nitrogens with zero attached hydrogens (tertiary/aromatic N) is 1. The first-order valence-electron chi connectivity index (χ1n) is 5.44. The monoisotopic (exact) mass is 261 g/mol. The van der Waals surface area contributed by atoms with Crippen molar-refractivity contribution in [3.8, 4) is 11.3 Å². The number of benzene rings is 1. The van der Waals surface area contributed by atoms with Crippen molar-refractivity contribution < 1.29 is 9.53 Å². The molecule has 0 saturated heterocycles. The first-order chi connectivity index (χ1) is 8.63. The Hall–Kier alpha value is -1.87. The van der Waals surface area contributed by atoms with Crippen LogP contribution in [0.15, 0.2) is 36.4 Å². The number of hydrogen-bond acceptors (Lipinski definition) is 3. The molecule has 0 atom stereocenters. The van der Waals surface area contributed by atoms with Crippen molar-refractivity contribution in [1.82, 2.24) is 4.98 Å². The Kier molecular flexibility index (Phi) is 3.63. The molecule has 0 aliphatic carbocycles. The summed E-state index contributed by atoms with van der Waals surface area (Å²) in [5.41, 5.74) is 2.59. The predicted octanol–water partition coefficient (Wildman–Crippen LogP) is 3.50. The summed E-state index contributed by atoms with van der Waals surface area (Å²) in [6.45, 7) is 1.81. The van der Waals surface area contributed by atoms with Crippen molar-refractivity contribution in [3.63, 3.8) is 0 Å². The fraction of sp³-hybridized carbons (Fsp3) is 0.143. The standard InChI is InChI=1S/C14H12ClNO2/c1-9-8-11(15)16-13(12(9)14(17)18-2)10-6-4-3-5-7-10/h3-8H,1-2H3. The Bertz CT molecular complexity index is 582. The lowest BCUT2D eigenvalue weighted by Gasteiger charge is -2.10. The summed E-state index contributed by atoms with van der Waals surface area (Å²) >= 11 is 5.96. The molecule has 4 heteroatoms. The van der Waals surface area contributed by atoms with E-state index in [2.05, 4.69) is 4.98 Å². The molecule has 18 heavy (non-hydrogen) atoms. The summed E-state index contributed by atoms with van der Waals surface area (Å²) < 4.78 is 4.80. The van der Waals surface area contributed by atoms with Crippen LogP contribution in [0.4, 0.5) is 0 Å². The number of aryl methyl sites for hydroxylation is 1. The number of rotatable bonds is 2. The summed E-state index contributed by atoms with van der Waals surface area (Å²) in [7, 11) is 1.35. The van der Waals surface area contributed by atoms with Crippen LogP contribution < -0.4 is 0 Å². The minimum atomic E-state index is -0.407. The minimum Gasteiger partial charge on any atom is -0.465 e. The molecule has 0 radical (unpaired) electrons. The highest BCUT2D eigenvalue weighted by molar-refractivity contribution is 6.29. The number of carbonyl (C=O) groups excluding carboxylic acids is 1. The molecule has 2 rings (SSSR count). The number of hydrogen-bond donors (Lipinski definition) is 0. The molecule has 1 aromatic carbocycles. The number of methoxy groups -OCH3 is 1. The molecule has 0 fully saturated rings. The molecule has 1 heterocycles. The second-order valence-electron chi connectivity index (χ2n) is 3.84. The third kappa shape index (κ3) is 2.36. The van der Waals surface area contributed by atoms with Crippen LogP contribution in [0.2, 0.25) is 5.15 Å². The van der Waals surface area contributed by atoms with E-state index in [0.717, 1.165) is 11.1 Å². The van der Waals surface area contributed by atoms with E-state index in [-0.39, 0.29) is 0 Å². The molecule has 2 aromatic rings. The van der Waals surface area contributed by atoms with Gasteiger partial charge in [0.15, 0.2) is 0 Å². The zero-order valence-corrected chi connectivity index (χ0v) is 10.9. The molecule has 0 spiro atoms. The summed E-state index contributed by atoms with van der Waals surface area (Å²) in [5, 5.41) is 0.360. The first kappa shape index (κ1) is 12.6. The van der Waals surface area contributed by atoms with E-state index in [1.165, 1.54) is 7.11 Å². The molecule has 3 nitrogen and oxygen atoms in total.